The normalized spacial score (nSPS) is 10.2. The molecule has 3 rings (SSSR count). The monoisotopic (exact) mass is 323 g/mol. The molecule has 0 radical (unpaired) electrons. The Bertz CT molecular complexity index is 805. The van der Waals surface area contributed by atoms with Crippen LogP contribution >= 0.6 is 0 Å². The van der Waals surface area contributed by atoms with Crippen LogP contribution in [-0.4, -0.2) is 29.9 Å². The molecule has 1 heterocycles. The Morgan fingerprint density at radius 3 is 2.25 bits per heavy atom. The molecule has 0 saturated heterocycles. The first-order valence-corrected chi connectivity index (χ1v) is 7.34. The predicted octanol–water partition coefficient (Wildman–Crippen LogP) is 3.14. The van der Waals surface area contributed by atoms with Crippen molar-refractivity contribution in [3.8, 4) is 17.2 Å². The van der Waals surface area contributed by atoms with Gasteiger partial charge in [-0.25, -0.2) is 4.68 Å². The van der Waals surface area contributed by atoms with Gasteiger partial charge in [-0.1, -0.05) is 0 Å². The van der Waals surface area contributed by atoms with Crippen molar-refractivity contribution < 1.29 is 14.3 Å². The summed E-state index contributed by atoms with van der Waals surface area (Å²) < 4.78 is 12.1. The van der Waals surface area contributed by atoms with Crippen molar-refractivity contribution in [1.29, 1.82) is 0 Å². The Morgan fingerprint density at radius 2 is 1.71 bits per heavy atom. The van der Waals surface area contributed by atoms with E-state index in [1.807, 2.05) is 24.4 Å². The minimum Gasteiger partial charge on any atom is -0.497 e. The van der Waals surface area contributed by atoms with Gasteiger partial charge in [-0.05, 0) is 30.3 Å². The average Bonchev–Trinajstić information content (AvgIpc) is 3.16. The van der Waals surface area contributed by atoms with E-state index in [0.717, 1.165) is 5.69 Å². The van der Waals surface area contributed by atoms with Gasteiger partial charge in [0.2, 0.25) is 0 Å². The van der Waals surface area contributed by atoms with Crippen LogP contribution in [0.5, 0.6) is 11.5 Å². The molecule has 6 heteroatoms. The summed E-state index contributed by atoms with van der Waals surface area (Å²) in [6, 6.07) is 14.2. The first-order chi connectivity index (χ1) is 11.7. The Labute approximate surface area is 139 Å². The van der Waals surface area contributed by atoms with E-state index in [9.17, 15) is 4.79 Å². The molecule has 2 aromatic carbocycles. The van der Waals surface area contributed by atoms with Crippen LogP contribution in [0.15, 0.2) is 60.9 Å². The van der Waals surface area contributed by atoms with Gasteiger partial charge in [0.15, 0.2) is 0 Å². The molecule has 0 atom stereocenters. The van der Waals surface area contributed by atoms with Crippen LogP contribution in [0.1, 0.15) is 10.4 Å². The lowest BCUT2D eigenvalue weighted by Gasteiger charge is -2.10. The van der Waals surface area contributed by atoms with Gasteiger partial charge in [0.1, 0.15) is 11.5 Å². The Balaban J connectivity index is 1.77. The zero-order valence-corrected chi connectivity index (χ0v) is 13.4. The molecular weight excluding hydrogens is 306 g/mol. The fourth-order valence-corrected chi connectivity index (χ4v) is 2.27. The van der Waals surface area contributed by atoms with Crippen LogP contribution in [0.4, 0.5) is 5.69 Å². The lowest BCUT2D eigenvalue weighted by atomic mass is 10.2. The van der Waals surface area contributed by atoms with E-state index in [1.165, 1.54) is 0 Å². The van der Waals surface area contributed by atoms with E-state index in [1.54, 1.807) is 55.4 Å². The second kappa shape index (κ2) is 6.87. The summed E-state index contributed by atoms with van der Waals surface area (Å²) in [7, 11) is 3.13. The fourth-order valence-electron chi connectivity index (χ4n) is 2.27. The number of amides is 1. The molecule has 0 unspecified atom stereocenters. The molecule has 1 aromatic heterocycles. The van der Waals surface area contributed by atoms with E-state index in [4.69, 9.17) is 9.47 Å². The first-order valence-electron chi connectivity index (χ1n) is 7.34. The second-order valence-corrected chi connectivity index (χ2v) is 5.05. The third-order valence-corrected chi connectivity index (χ3v) is 3.51. The minimum atomic E-state index is -0.211. The number of benzene rings is 2. The molecule has 0 aliphatic heterocycles. The second-order valence-electron chi connectivity index (χ2n) is 5.05. The van der Waals surface area contributed by atoms with Gasteiger partial charge < -0.3 is 14.8 Å². The van der Waals surface area contributed by atoms with Gasteiger partial charge in [0.25, 0.3) is 5.91 Å². The number of hydrogen-bond acceptors (Lipinski definition) is 4. The van der Waals surface area contributed by atoms with Crippen molar-refractivity contribution in [2.45, 2.75) is 0 Å². The minimum absolute atomic E-state index is 0.211. The molecule has 0 spiro atoms. The Hall–Kier alpha value is -3.28. The summed E-state index contributed by atoms with van der Waals surface area (Å²) in [5.74, 6) is 1.01. The fraction of sp³-hybridized carbons (Fsp3) is 0.111. The molecule has 6 nitrogen and oxygen atoms in total. The number of nitrogens with one attached hydrogen (secondary N) is 1. The summed E-state index contributed by atoms with van der Waals surface area (Å²) in [6.07, 6.45) is 3.55. The molecule has 0 aliphatic rings. The topological polar surface area (TPSA) is 65.4 Å². The van der Waals surface area contributed by atoms with Gasteiger partial charge in [0.05, 0.1) is 19.9 Å². The largest absolute Gasteiger partial charge is 0.497 e. The van der Waals surface area contributed by atoms with Gasteiger partial charge >= 0.3 is 0 Å². The average molecular weight is 323 g/mol. The molecule has 122 valence electrons. The summed E-state index contributed by atoms with van der Waals surface area (Å²) in [5.41, 5.74) is 2.04. The Kier molecular flexibility index (Phi) is 4.47. The SMILES string of the molecule is COc1cc(NC(=O)c2ccc(-n3cccn3)cc2)cc(OC)c1. The van der Waals surface area contributed by atoms with Crippen LogP contribution < -0.4 is 14.8 Å². The summed E-state index contributed by atoms with van der Waals surface area (Å²) in [5, 5.41) is 7.00. The number of carbonyl (C=O) groups is 1. The standard InChI is InChI=1S/C18H17N3O3/c1-23-16-10-14(11-17(12-16)24-2)20-18(22)13-4-6-15(7-5-13)21-9-3-8-19-21/h3-12H,1-2H3,(H,20,22). The molecular formula is C18H17N3O3. The number of carbonyl (C=O) groups excluding carboxylic acids is 1. The van der Waals surface area contributed by atoms with E-state index in [2.05, 4.69) is 10.4 Å². The van der Waals surface area contributed by atoms with Crippen LogP contribution in [0.3, 0.4) is 0 Å². The molecule has 1 amide bonds. The molecule has 1 N–H and O–H groups in total. The highest BCUT2D eigenvalue weighted by atomic mass is 16.5. The number of hydrogen-bond donors (Lipinski definition) is 1. The highest BCUT2D eigenvalue weighted by Gasteiger charge is 2.09. The van der Waals surface area contributed by atoms with E-state index in [0.29, 0.717) is 22.7 Å². The quantitative estimate of drug-likeness (QED) is 0.783. The Morgan fingerprint density at radius 1 is 1.04 bits per heavy atom. The van der Waals surface area contributed by atoms with Crippen molar-refractivity contribution >= 4 is 11.6 Å². The number of ether oxygens (including phenoxy) is 2. The van der Waals surface area contributed by atoms with Crippen molar-refractivity contribution in [3.63, 3.8) is 0 Å². The number of rotatable bonds is 5. The highest BCUT2D eigenvalue weighted by molar-refractivity contribution is 6.04. The summed E-state index contributed by atoms with van der Waals surface area (Å²) >= 11 is 0. The number of nitrogens with zero attached hydrogens (tertiary/aromatic N) is 2. The molecule has 3 aromatic rings. The third-order valence-electron chi connectivity index (χ3n) is 3.51. The summed E-state index contributed by atoms with van der Waals surface area (Å²) in [6.45, 7) is 0. The van der Waals surface area contributed by atoms with Gasteiger partial charge in [-0.15, -0.1) is 0 Å². The van der Waals surface area contributed by atoms with E-state index in [-0.39, 0.29) is 5.91 Å². The number of methoxy groups -OCH3 is 2. The smallest absolute Gasteiger partial charge is 0.255 e. The maximum atomic E-state index is 12.4. The molecule has 0 bridgehead atoms. The third kappa shape index (κ3) is 3.38. The highest BCUT2D eigenvalue weighted by Crippen LogP contribution is 2.26. The molecule has 0 fully saturated rings. The van der Waals surface area contributed by atoms with Crippen molar-refractivity contribution in [2.24, 2.45) is 0 Å². The van der Waals surface area contributed by atoms with Gasteiger partial charge in [0, 0.05) is 41.8 Å². The van der Waals surface area contributed by atoms with Crippen molar-refractivity contribution in [3.05, 3.63) is 66.5 Å². The maximum absolute atomic E-state index is 12.4. The lowest BCUT2D eigenvalue weighted by molar-refractivity contribution is 0.102. The van der Waals surface area contributed by atoms with E-state index >= 15 is 0 Å². The zero-order chi connectivity index (χ0) is 16.9. The zero-order valence-electron chi connectivity index (χ0n) is 13.4. The number of anilines is 1. The van der Waals surface area contributed by atoms with Crippen LogP contribution in [0.2, 0.25) is 0 Å². The van der Waals surface area contributed by atoms with Gasteiger partial charge in [-0.2, -0.15) is 5.10 Å². The van der Waals surface area contributed by atoms with Gasteiger partial charge in [-0.3, -0.25) is 4.79 Å². The van der Waals surface area contributed by atoms with Crippen molar-refractivity contribution in [2.75, 3.05) is 19.5 Å². The lowest BCUT2D eigenvalue weighted by Crippen LogP contribution is -2.12. The van der Waals surface area contributed by atoms with Crippen LogP contribution in [0.25, 0.3) is 5.69 Å². The van der Waals surface area contributed by atoms with Crippen LogP contribution in [0, 0.1) is 0 Å². The molecule has 24 heavy (non-hydrogen) atoms. The first kappa shape index (κ1) is 15.6. The maximum Gasteiger partial charge on any atom is 0.255 e. The van der Waals surface area contributed by atoms with E-state index < -0.39 is 0 Å². The molecule has 0 saturated carbocycles. The number of aromatic nitrogens is 2. The van der Waals surface area contributed by atoms with Crippen molar-refractivity contribution in [1.82, 2.24) is 9.78 Å². The van der Waals surface area contributed by atoms with Crippen LogP contribution in [-0.2, 0) is 0 Å². The molecule has 0 aliphatic carbocycles. The summed E-state index contributed by atoms with van der Waals surface area (Å²) in [4.78, 5) is 12.4. The predicted molar refractivity (Wildman–Crippen MR) is 91.1 cm³/mol.